The molecule has 1 rings (SSSR count). The van der Waals surface area contributed by atoms with Gasteiger partial charge in [0, 0.05) is 0 Å². The Morgan fingerprint density at radius 1 is 1.10 bits per heavy atom. The lowest BCUT2D eigenvalue weighted by atomic mass is 10.2. The van der Waals surface area contributed by atoms with Gasteiger partial charge in [-0.05, 0) is 18.9 Å². The molecule has 0 aliphatic heterocycles. The van der Waals surface area contributed by atoms with Crippen LogP contribution in [-0.2, 0) is 9.47 Å². The maximum Gasteiger partial charge on any atom is 0.341 e. The summed E-state index contributed by atoms with van der Waals surface area (Å²) in [5, 5.41) is 0. The molecule has 0 amide bonds. The monoisotopic (exact) mass is 292 g/mol. The zero-order valence-corrected chi connectivity index (χ0v) is 10.4. The highest BCUT2D eigenvalue weighted by molar-refractivity contribution is 5.89. The van der Waals surface area contributed by atoms with Gasteiger partial charge in [0.1, 0.15) is 5.56 Å². The summed E-state index contributed by atoms with van der Waals surface area (Å²) in [6.07, 6.45) is 2.22. The number of hydrogen-bond donors (Lipinski definition) is 0. The smallest absolute Gasteiger partial charge is 0.341 e. The largest absolute Gasteiger partial charge is 0.502 e. The van der Waals surface area contributed by atoms with Crippen LogP contribution in [0.4, 0.5) is 17.6 Å². The molecular formula is C13H12F4O3. The lowest BCUT2D eigenvalue weighted by Crippen LogP contribution is -2.12. The summed E-state index contributed by atoms with van der Waals surface area (Å²) in [4.78, 5) is 11.4. The fourth-order valence-corrected chi connectivity index (χ4v) is 1.33. The molecule has 0 spiro atoms. The minimum absolute atomic E-state index is 0.0839. The lowest BCUT2D eigenvalue weighted by molar-refractivity contribution is 0.0484. The quantitative estimate of drug-likeness (QED) is 0.193. The number of carbonyl (C=O) groups excluding carboxylic acids is 1. The number of halogens is 4. The molecule has 0 saturated heterocycles. The highest BCUT2D eigenvalue weighted by atomic mass is 19.2. The van der Waals surface area contributed by atoms with Crippen LogP contribution >= 0.6 is 0 Å². The molecule has 0 bridgehead atoms. The van der Waals surface area contributed by atoms with Crippen molar-refractivity contribution in [1.29, 1.82) is 0 Å². The second kappa shape index (κ2) is 7.52. The fourth-order valence-electron chi connectivity index (χ4n) is 1.33. The zero-order valence-electron chi connectivity index (χ0n) is 10.4. The van der Waals surface area contributed by atoms with Gasteiger partial charge in [-0.2, -0.15) is 0 Å². The number of carbonyl (C=O) groups is 1. The Labute approximate surface area is 112 Å². The molecule has 0 N–H and O–H groups in total. The van der Waals surface area contributed by atoms with Crippen LogP contribution in [0, 0.1) is 23.3 Å². The standard InChI is InChI=1S/C13H12F4O3/c1-2-19-5-3-4-6-20-13(18)8-7-9(14)11(16)12(17)10(8)15/h2,7H,1,3-6H2. The van der Waals surface area contributed by atoms with Crippen molar-refractivity contribution in [3.05, 3.63) is 47.7 Å². The molecule has 0 aliphatic rings. The summed E-state index contributed by atoms with van der Waals surface area (Å²) in [6.45, 7) is 3.62. The summed E-state index contributed by atoms with van der Waals surface area (Å²) in [5.41, 5.74) is -0.983. The van der Waals surface area contributed by atoms with Gasteiger partial charge in [0.05, 0.1) is 19.5 Å². The summed E-state index contributed by atoms with van der Waals surface area (Å²) in [6, 6.07) is 0.261. The van der Waals surface area contributed by atoms with Gasteiger partial charge in [-0.15, -0.1) is 0 Å². The van der Waals surface area contributed by atoms with Gasteiger partial charge in [0.15, 0.2) is 23.3 Å². The average molecular weight is 292 g/mol. The predicted molar refractivity (Wildman–Crippen MR) is 61.9 cm³/mol. The number of rotatable bonds is 7. The van der Waals surface area contributed by atoms with E-state index in [0.29, 0.717) is 19.4 Å². The van der Waals surface area contributed by atoms with Crippen molar-refractivity contribution in [1.82, 2.24) is 0 Å². The van der Waals surface area contributed by atoms with E-state index in [1.807, 2.05) is 0 Å². The van der Waals surface area contributed by atoms with E-state index in [9.17, 15) is 22.4 Å². The van der Waals surface area contributed by atoms with Crippen LogP contribution in [0.25, 0.3) is 0 Å². The van der Waals surface area contributed by atoms with Crippen LogP contribution in [0.3, 0.4) is 0 Å². The molecule has 0 heterocycles. The molecule has 20 heavy (non-hydrogen) atoms. The molecule has 0 fully saturated rings. The lowest BCUT2D eigenvalue weighted by Gasteiger charge is -2.07. The third kappa shape index (κ3) is 3.97. The van der Waals surface area contributed by atoms with Crippen LogP contribution in [0.5, 0.6) is 0 Å². The normalized spacial score (nSPS) is 10.2. The highest BCUT2D eigenvalue weighted by Crippen LogP contribution is 2.19. The third-order valence-electron chi connectivity index (χ3n) is 2.33. The first-order valence-electron chi connectivity index (χ1n) is 5.71. The first kappa shape index (κ1) is 16.0. The minimum atomic E-state index is -2.05. The molecule has 0 saturated carbocycles. The third-order valence-corrected chi connectivity index (χ3v) is 2.33. The van der Waals surface area contributed by atoms with Crippen molar-refractivity contribution in [2.75, 3.05) is 13.2 Å². The first-order valence-corrected chi connectivity index (χ1v) is 5.71. The maximum absolute atomic E-state index is 13.3. The Morgan fingerprint density at radius 2 is 1.75 bits per heavy atom. The van der Waals surface area contributed by atoms with E-state index in [0.717, 1.165) is 0 Å². The highest BCUT2D eigenvalue weighted by Gasteiger charge is 2.23. The predicted octanol–water partition coefficient (Wildman–Crippen LogP) is 3.34. The Morgan fingerprint density at radius 3 is 2.40 bits per heavy atom. The van der Waals surface area contributed by atoms with Gasteiger partial charge in [-0.1, -0.05) is 6.58 Å². The average Bonchev–Trinajstić information content (AvgIpc) is 2.44. The number of ether oxygens (including phenoxy) is 2. The maximum atomic E-state index is 13.3. The topological polar surface area (TPSA) is 35.5 Å². The SMILES string of the molecule is C=COCCCCOC(=O)c1cc(F)c(F)c(F)c1F. The Balaban J connectivity index is 2.58. The second-order valence-electron chi connectivity index (χ2n) is 3.73. The van der Waals surface area contributed by atoms with Crippen LogP contribution in [0.1, 0.15) is 23.2 Å². The van der Waals surface area contributed by atoms with Gasteiger partial charge in [0.2, 0.25) is 0 Å². The first-order chi connectivity index (χ1) is 9.49. The molecule has 0 radical (unpaired) electrons. The molecule has 0 atom stereocenters. The van der Waals surface area contributed by atoms with Crippen LogP contribution in [-0.4, -0.2) is 19.2 Å². The van der Waals surface area contributed by atoms with Crippen molar-refractivity contribution in [3.63, 3.8) is 0 Å². The van der Waals surface area contributed by atoms with E-state index in [2.05, 4.69) is 11.3 Å². The van der Waals surface area contributed by atoms with Crippen molar-refractivity contribution >= 4 is 5.97 Å². The molecule has 0 aliphatic carbocycles. The Kier molecular flexibility index (Phi) is 6.02. The van der Waals surface area contributed by atoms with Gasteiger partial charge >= 0.3 is 5.97 Å². The van der Waals surface area contributed by atoms with Crippen molar-refractivity contribution < 1.29 is 31.8 Å². The molecule has 0 aromatic heterocycles. The van der Waals surface area contributed by atoms with E-state index in [-0.39, 0.29) is 12.7 Å². The summed E-state index contributed by atoms with van der Waals surface area (Å²) >= 11 is 0. The Hall–Kier alpha value is -2.05. The van der Waals surface area contributed by atoms with Gasteiger partial charge < -0.3 is 9.47 Å². The molecular weight excluding hydrogens is 280 g/mol. The van der Waals surface area contributed by atoms with Gasteiger partial charge in [-0.25, -0.2) is 22.4 Å². The minimum Gasteiger partial charge on any atom is -0.502 e. The van der Waals surface area contributed by atoms with E-state index in [4.69, 9.17) is 4.74 Å². The van der Waals surface area contributed by atoms with Crippen LogP contribution < -0.4 is 0 Å². The van der Waals surface area contributed by atoms with E-state index in [1.54, 1.807) is 0 Å². The van der Waals surface area contributed by atoms with E-state index >= 15 is 0 Å². The van der Waals surface area contributed by atoms with Crippen molar-refractivity contribution in [2.24, 2.45) is 0 Å². The number of esters is 1. The number of unbranched alkanes of at least 4 members (excludes halogenated alkanes) is 1. The molecule has 0 unspecified atom stereocenters. The van der Waals surface area contributed by atoms with E-state index in [1.165, 1.54) is 6.26 Å². The van der Waals surface area contributed by atoms with Crippen LogP contribution in [0.15, 0.2) is 18.9 Å². The molecule has 3 nitrogen and oxygen atoms in total. The van der Waals surface area contributed by atoms with Gasteiger partial charge in [0.25, 0.3) is 0 Å². The second-order valence-corrected chi connectivity index (χ2v) is 3.73. The zero-order chi connectivity index (χ0) is 15.1. The summed E-state index contributed by atoms with van der Waals surface area (Å²) in [5.74, 6) is -8.71. The molecule has 1 aromatic rings. The van der Waals surface area contributed by atoms with Crippen molar-refractivity contribution in [3.8, 4) is 0 Å². The van der Waals surface area contributed by atoms with Crippen molar-refractivity contribution in [2.45, 2.75) is 12.8 Å². The van der Waals surface area contributed by atoms with Crippen LogP contribution in [0.2, 0.25) is 0 Å². The molecule has 1 aromatic carbocycles. The number of benzene rings is 1. The molecule has 110 valence electrons. The molecule has 7 heteroatoms. The number of hydrogen-bond acceptors (Lipinski definition) is 3. The van der Waals surface area contributed by atoms with E-state index < -0.39 is 34.8 Å². The summed E-state index contributed by atoms with van der Waals surface area (Å²) < 4.78 is 61.2. The summed E-state index contributed by atoms with van der Waals surface area (Å²) in [7, 11) is 0. The fraction of sp³-hybridized carbons (Fsp3) is 0.308. The van der Waals surface area contributed by atoms with Gasteiger partial charge in [-0.3, -0.25) is 0 Å². The Bertz CT molecular complexity index is 503.